The summed E-state index contributed by atoms with van der Waals surface area (Å²) in [5.41, 5.74) is 0. The Morgan fingerprint density at radius 1 is 1.30 bits per heavy atom. The number of ether oxygens (including phenoxy) is 2. The SMILES string of the molecule is CN1[C@H]2CC[C@@H]1[C@H](F)[C@H](Oc1cncc(Nc3cc(OC(F)F)[nH]n3)n1)C2. The van der Waals surface area contributed by atoms with Crippen molar-refractivity contribution in [2.75, 3.05) is 12.4 Å². The Hall–Kier alpha value is -2.56. The van der Waals surface area contributed by atoms with E-state index in [0.29, 0.717) is 12.5 Å². The van der Waals surface area contributed by atoms with Gasteiger partial charge in [-0.05, 0) is 19.9 Å². The average molecular weight is 384 g/mol. The quantitative estimate of drug-likeness (QED) is 0.791. The molecule has 0 unspecified atom stereocenters. The molecule has 0 aromatic carbocycles. The van der Waals surface area contributed by atoms with E-state index in [1.165, 1.54) is 18.5 Å². The monoisotopic (exact) mass is 384 g/mol. The molecular weight excluding hydrogens is 365 g/mol. The number of hydrogen-bond acceptors (Lipinski definition) is 7. The molecule has 2 bridgehead atoms. The first-order chi connectivity index (χ1) is 13.0. The molecule has 2 saturated heterocycles. The van der Waals surface area contributed by atoms with Crippen molar-refractivity contribution in [1.82, 2.24) is 25.1 Å². The third kappa shape index (κ3) is 3.77. The van der Waals surface area contributed by atoms with Crippen molar-refractivity contribution in [3.8, 4) is 11.8 Å². The average Bonchev–Trinajstić information content (AvgIpc) is 3.15. The zero-order chi connectivity index (χ0) is 19.0. The Balaban J connectivity index is 1.41. The topological polar surface area (TPSA) is 88.2 Å². The lowest BCUT2D eigenvalue weighted by Gasteiger charge is -2.38. The van der Waals surface area contributed by atoms with Crippen LogP contribution in [0.5, 0.6) is 11.8 Å². The van der Waals surface area contributed by atoms with E-state index in [9.17, 15) is 13.2 Å². The van der Waals surface area contributed by atoms with Gasteiger partial charge in [0.15, 0.2) is 17.8 Å². The Kier molecular flexibility index (Phi) is 4.77. The summed E-state index contributed by atoms with van der Waals surface area (Å²) < 4.78 is 49.1. The first-order valence-corrected chi connectivity index (χ1v) is 8.61. The molecule has 2 aromatic rings. The minimum atomic E-state index is -2.95. The lowest BCUT2D eigenvalue weighted by atomic mass is 9.98. The number of hydrogen-bond donors (Lipinski definition) is 2. The van der Waals surface area contributed by atoms with Gasteiger partial charge >= 0.3 is 6.61 Å². The summed E-state index contributed by atoms with van der Waals surface area (Å²) in [5, 5.41) is 8.91. The molecule has 0 aliphatic carbocycles. The van der Waals surface area contributed by atoms with Gasteiger partial charge < -0.3 is 14.8 Å². The molecule has 8 nitrogen and oxygen atoms in total. The fourth-order valence-corrected chi connectivity index (χ4v) is 3.74. The van der Waals surface area contributed by atoms with Crippen LogP contribution in [0.15, 0.2) is 18.5 Å². The van der Waals surface area contributed by atoms with Crippen LogP contribution in [0.25, 0.3) is 0 Å². The van der Waals surface area contributed by atoms with Gasteiger partial charge in [0.25, 0.3) is 0 Å². The number of alkyl halides is 3. The highest BCUT2D eigenvalue weighted by molar-refractivity contribution is 5.52. The van der Waals surface area contributed by atoms with Crippen molar-refractivity contribution in [2.24, 2.45) is 0 Å². The number of nitrogens with one attached hydrogen (secondary N) is 2. The number of anilines is 2. The van der Waals surface area contributed by atoms with Crippen LogP contribution in [0.4, 0.5) is 24.8 Å². The second-order valence-electron chi connectivity index (χ2n) is 6.66. The molecule has 4 rings (SSSR count). The number of aromatic nitrogens is 4. The van der Waals surface area contributed by atoms with Crippen LogP contribution in [-0.4, -0.2) is 63.1 Å². The van der Waals surface area contributed by atoms with E-state index in [1.807, 2.05) is 7.05 Å². The van der Waals surface area contributed by atoms with Crippen LogP contribution in [-0.2, 0) is 0 Å². The molecule has 0 radical (unpaired) electrons. The fourth-order valence-electron chi connectivity index (χ4n) is 3.74. The number of halogens is 3. The van der Waals surface area contributed by atoms with E-state index in [4.69, 9.17) is 4.74 Å². The van der Waals surface area contributed by atoms with Gasteiger partial charge in [0.1, 0.15) is 6.10 Å². The van der Waals surface area contributed by atoms with Crippen molar-refractivity contribution in [3.63, 3.8) is 0 Å². The maximum atomic E-state index is 14.7. The molecule has 11 heteroatoms. The molecule has 2 fully saturated rings. The Labute approximate surface area is 153 Å². The standard InChI is InChI=1S/C16H19F3N6O2/c1-25-8-2-3-9(25)15(17)10(4-8)26-14-7-20-6-12(22-14)21-11-5-13(24-23-11)27-16(18)19/h5-10,15-16H,2-4H2,1H3,(H2,21,22,23,24)/t8-,9+,10+,15-/m0/s1. The van der Waals surface area contributed by atoms with Gasteiger partial charge in [0, 0.05) is 24.6 Å². The summed E-state index contributed by atoms with van der Waals surface area (Å²) in [6, 6.07) is 1.45. The molecule has 2 N–H and O–H groups in total. The molecule has 27 heavy (non-hydrogen) atoms. The summed E-state index contributed by atoms with van der Waals surface area (Å²) in [6.07, 6.45) is 3.57. The second kappa shape index (κ2) is 7.22. The van der Waals surface area contributed by atoms with Gasteiger partial charge in [-0.1, -0.05) is 0 Å². The Bertz CT molecular complexity index is 791. The van der Waals surface area contributed by atoms with Crippen molar-refractivity contribution in [2.45, 2.75) is 50.2 Å². The number of rotatable bonds is 6. The van der Waals surface area contributed by atoms with E-state index in [0.717, 1.165) is 12.8 Å². The highest BCUT2D eigenvalue weighted by Crippen LogP contribution is 2.37. The summed E-state index contributed by atoms with van der Waals surface area (Å²) in [6.45, 7) is -2.95. The Morgan fingerprint density at radius 2 is 2.15 bits per heavy atom. The molecule has 0 amide bonds. The first kappa shape index (κ1) is 17.8. The molecule has 0 saturated carbocycles. The second-order valence-corrected chi connectivity index (χ2v) is 6.66. The molecule has 2 aromatic heterocycles. The third-order valence-electron chi connectivity index (χ3n) is 5.03. The maximum absolute atomic E-state index is 14.7. The molecule has 0 spiro atoms. The molecule has 2 aliphatic heterocycles. The minimum absolute atomic E-state index is 0.125. The number of fused-ring (bicyclic) bond motifs is 2. The van der Waals surface area contributed by atoms with Crippen LogP contribution in [0.2, 0.25) is 0 Å². The predicted molar refractivity (Wildman–Crippen MR) is 89.0 cm³/mol. The molecule has 2 aliphatic rings. The van der Waals surface area contributed by atoms with Crippen LogP contribution in [0.1, 0.15) is 19.3 Å². The number of nitrogens with zero attached hydrogens (tertiary/aromatic N) is 4. The normalized spacial score (nSPS) is 27.7. The van der Waals surface area contributed by atoms with Crippen LogP contribution in [0, 0.1) is 0 Å². The number of aromatic amines is 1. The zero-order valence-electron chi connectivity index (χ0n) is 14.5. The van der Waals surface area contributed by atoms with Gasteiger partial charge in [-0.2, -0.15) is 18.9 Å². The van der Waals surface area contributed by atoms with Crippen LogP contribution >= 0.6 is 0 Å². The highest BCUT2D eigenvalue weighted by Gasteiger charge is 2.47. The number of piperidine rings is 1. The largest absolute Gasteiger partial charge is 0.470 e. The zero-order valence-corrected chi connectivity index (χ0v) is 14.5. The number of H-pyrrole nitrogens is 1. The molecular formula is C16H19F3N6O2. The van der Waals surface area contributed by atoms with Crippen molar-refractivity contribution in [3.05, 3.63) is 18.5 Å². The van der Waals surface area contributed by atoms with Crippen LogP contribution < -0.4 is 14.8 Å². The van der Waals surface area contributed by atoms with Gasteiger partial charge in [-0.25, -0.2) is 9.49 Å². The van der Waals surface area contributed by atoms with Crippen molar-refractivity contribution < 1.29 is 22.6 Å². The van der Waals surface area contributed by atoms with E-state index < -0.39 is 18.9 Å². The fraction of sp³-hybridized carbons (Fsp3) is 0.562. The Morgan fingerprint density at radius 3 is 2.96 bits per heavy atom. The maximum Gasteiger partial charge on any atom is 0.388 e. The highest BCUT2D eigenvalue weighted by atomic mass is 19.3. The van der Waals surface area contributed by atoms with Gasteiger partial charge in [0.2, 0.25) is 11.8 Å². The predicted octanol–water partition coefficient (Wildman–Crippen LogP) is 2.50. The van der Waals surface area contributed by atoms with E-state index in [-0.39, 0.29) is 29.4 Å². The van der Waals surface area contributed by atoms with Crippen molar-refractivity contribution in [1.29, 1.82) is 0 Å². The van der Waals surface area contributed by atoms with E-state index in [1.54, 1.807) is 0 Å². The van der Waals surface area contributed by atoms with Gasteiger partial charge in [-0.3, -0.25) is 9.88 Å². The van der Waals surface area contributed by atoms with Gasteiger partial charge in [0.05, 0.1) is 12.4 Å². The summed E-state index contributed by atoms with van der Waals surface area (Å²) >= 11 is 0. The third-order valence-corrected chi connectivity index (χ3v) is 5.03. The van der Waals surface area contributed by atoms with E-state index in [2.05, 4.69) is 35.1 Å². The molecule has 146 valence electrons. The molecule has 4 heterocycles. The van der Waals surface area contributed by atoms with E-state index >= 15 is 0 Å². The lowest BCUT2D eigenvalue weighted by Crippen LogP contribution is -2.52. The van der Waals surface area contributed by atoms with Gasteiger partial charge in [-0.15, -0.1) is 0 Å². The summed E-state index contributed by atoms with van der Waals surface area (Å²) in [7, 11) is 1.95. The smallest absolute Gasteiger partial charge is 0.388 e. The molecule has 4 atom stereocenters. The first-order valence-electron chi connectivity index (χ1n) is 8.61. The van der Waals surface area contributed by atoms with Crippen molar-refractivity contribution >= 4 is 11.6 Å². The summed E-state index contributed by atoms with van der Waals surface area (Å²) in [4.78, 5) is 10.3. The lowest BCUT2D eigenvalue weighted by molar-refractivity contribution is -0.0528. The minimum Gasteiger partial charge on any atom is -0.470 e. The van der Waals surface area contributed by atoms with Crippen LogP contribution in [0.3, 0.4) is 0 Å². The summed E-state index contributed by atoms with van der Waals surface area (Å²) in [5.74, 6) is 0.512.